The Morgan fingerprint density at radius 1 is 1.29 bits per heavy atom. The monoisotopic (exact) mass is 200 g/mol. The molecule has 2 aliphatic rings. The van der Waals surface area contributed by atoms with E-state index in [1.54, 1.807) is 0 Å². The molecule has 2 heterocycles. The molecule has 78 valence electrons. The van der Waals surface area contributed by atoms with Gasteiger partial charge in [0.2, 0.25) is 0 Å². The first-order valence-electron chi connectivity index (χ1n) is 5.14. The summed E-state index contributed by atoms with van der Waals surface area (Å²) in [5, 5.41) is 8.81. The third-order valence-corrected chi connectivity index (χ3v) is 3.42. The smallest absolute Gasteiger partial charge is 0.251 e. The SMILES string of the molecule is N#CC1CC2CCC(C1)N2CC(F)F. The Morgan fingerprint density at radius 2 is 1.86 bits per heavy atom. The van der Waals surface area contributed by atoms with Gasteiger partial charge >= 0.3 is 0 Å². The normalized spacial score (nSPS) is 37.4. The van der Waals surface area contributed by atoms with E-state index in [0.717, 1.165) is 25.7 Å². The van der Waals surface area contributed by atoms with Gasteiger partial charge in [-0.1, -0.05) is 0 Å². The summed E-state index contributed by atoms with van der Waals surface area (Å²) in [4.78, 5) is 1.92. The van der Waals surface area contributed by atoms with Crippen LogP contribution in [0.5, 0.6) is 0 Å². The Bertz CT molecular complexity index is 235. The molecule has 2 aliphatic heterocycles. The molecule has 0 spiro atoms. The highest BCUT2D eigenvalue weighted by Crippen LogP contribution is 2.38. The Morgan fingerprint density at radius 3 is 2.29 bits per heavy atom. The molecule has 2 unspecified atom stereocenters. The van der Waals surface area contributed by atoms with E-state index in [9.17, 15) is 8.78 Å². The second kappa shape index (κ2) is 3.82. The third kappa shape index (κ3) is 1.74. The molecular formula is C10H14F2N2. The summed E-state index contributed by atoms with van der Waals surface area (Å²) in [5.41, 5.74) is 0. The van der Waals surface area contributed by atoms with E-state index in [-0.39, 0.29) is 24.5 Å². The fourth-order valence-corrected chi connectivity index (χ4v) is 2.84. The van der Waals surface area contributed by atoms with Crippen molar-refractivity contribution in [3.63, 3.8) is 0 Å². The molecule has 2 bridgehead atoms. The molecule has 2 atom stereocenters. The van der Waals surface area contributed by atoms with Gasteiger partial charge in [0.25, 0.3) is 6.43 Å². The molecular weight excluding hydrogens is 186 g/mol. The van der Waals surface area contributed by atoms with Gasteiger partial charge < -0.3 is 0 Å². The van der Waals surface area contributed by atoms with Crippen LogP contribution in [0.4, 0.5) is 8.78 Å². The largest absolute Gasteiger partial charge is 0.292 e. The number of fused-ring (bicyclic) bond motifs is 2. The van der Waals surface area contributed by atoms with Crippen molar-refractivity contribution in [2.24, 2.45) is 5.92 Å². The summed E-state index contributed by atoms with van der Waals surface area (Å²) in [6.07, 6.45) is 1.33. The molecule has 0 radical (unpaired) electrons. The van der Waals surface area contributed by atoms with Crippen LogP contribution < -0.4 is 0 Å². The van der Waals surface area contributed by atoms with E-state index in [2.05, 4.69) is 6.07 Å². The fourth-order valence-electron chi connectivity index (χ4n) is 2.84. The maximum absolute atomic E-state index is 12.3. The number of alkyl halides is 2. The van der Waals surface area contributed by atoms with Crippen molar-refractivity contribution >= 4 is 0 Å². The second-order valence-electron chi connectivity index (χ2n) is 4.27. The van der Waals surface area contributed by atoms with Gasteiger partial charge in [0.15, 0.2) is 0 Å². The quantitative estimate of drug-likeness (QED) is 0.681. The minimum atomic E-state index is -2.24. The summed E-state index contributed by atoms with van der Waals surface area (Å²) >= 11 is 0. The van der Waals surface area contributed by atoms with Crippen LogP contribution in [0.25, 0.3) is 0 Å². The van der Waals surface area contributed by atoms with Crippen LogP contribution in [-0.4, -0.2) is 30.0 Å². The fraction of sp³-hybridized carbons (Fsp3) is 0.900. The van der Waals surface area contributed by atoms with Gasteiger partial charge in [-0.3, -0.25) is 4.90 Å². The molecule has 0 aromatic rings. The summed E-state index contributed by atoms with van der Waals surface area (Å²) in [6.45, 7) is -0.104. The van der Waals surface area contributed by atoms with Crippen molar-refractivity contribution < 1.29 is 8.78 Å². The number of nitrogens with zero attached hydrogens (tertiary/aromatic N) is 2. The van der Waals surface area contributed by atoms with E-state index in [1.807, 2.05) is 4.90 Å². The van der Waals surface area contributed by atoms with E-state index >= 15 is 0 Å². The maximum atomic E-state index is 12.3. The van der Waals surface area contributed by atoms with Gasteiger partial charge in [0.1, 0.15) is 0 Å². The molecule has 2 fully saturated rings. The van der Waals surface area contributed by atoms with Gasteiger partial charge in [-0.15, -0.1) is 0 Å². The topological polar surface area (TPSA) is 27.0 Å². The third-order valence-electron chi connectivity index (χ3n) is 3.42. The van der Waals surface area contributed by atoms with Crippen LogP contribution in [-0.2, 0) is 0 Å². The first kappa shape index (κ1) is 9.85. The highest BCUT2D eigenvalue weighted by Gasteiger charge is 2.41. The Labute approximate surface area is 82.5 Å². The molecule has 0 aromatic heterocycles. The molecule has 0 saturated carbocycles. The van der Waals surface area contributed by atoms with Crippen molar-refractivity contribution in [3.8, 4) is 6.07 Å². The molecule has 4 heteroatoms. The predicted molar refractivity (Wildman–Crippen MR) is 47.9 cm³/mol. The zero-order chi connectivity index (χ0) is 10.1. The average Bonchev–Trinajstić information content (AvgIpc) is 2.38. The number of halogens is 2. The van der Waals surface area contributed by atoms with E-state index in [1.165, 1.54) is 0 Å². The number of piperidine rings is 1. The minimum absolute atomic E-state index is 0.0985. The van der Waals surface area contributed by atoms with Crippen molar-refractivity contribution in [2.45, 2.75) is 44.2 Å². The number of hydrogen-bond acceptors (Lipinski definition) is 2. The molecule has 0 N–H and O–H groups in total. The van der Waals surface area contributed by atoms with Gasteiger partial charge in [-0.2, -0.15) is 5.26 Å². The first-order valence-corrected chi connectivity index (χ1v) is 5.14. The highest BCUT2D eigenvalue weighted by atomic mass is 19.3. The summed E-state index contributed by atoms with van der Waals surface area (Å²) in [6, 6.07) is 2.75. The van der Waals surface area contributed by atoms with Crippen LogP contribution in [0.15, 0.2) is 0 Å². The van der Waals surface area contributed by atoms with Crippen LogP contribution >= 0.6 is 0 Å². The molecule has 0 amide bonds. The number of nitriles is 1. The standard InChI is InChI=1S/C10H14F2N2/c11-10(12)6-14-8-1-2-9(14)4-7(3-8)5-13/h7-10H,1-4,6H2. The van der Waals surface area contributed by atoms with Crippen LogP contribution in [0, 0.1) is 17.2 Å². The van der Waals surface area contributed by atoms with E-state index in [4.69, 9.17) is 5.26 Å². The highest BCUT2D eigenvalue weighted by molar-refractivity contribution is 5.01. The second-order valence-corrected chi connectivity index (χ2v) is 4.27. The van der Waals surface area contributed by atoms with Crippen molar-refractivity contribution in [2.75, 3.05) is 6.54 Å². The van der Waals surface area contributed by atoms with Crippen molar-refractivity contribution in [1.29, 1.82) is 5.26 Å². The summed E-state index contributed by atoms with van der Waals surface area (Å²) < 4.78 is 24.5. The predicted octanol–water partition coefficient (Wildman–Crippen LogP) is 2.02. The molecule has 2 saturated heterocycles. The number of hydrogen-bond donors (Lipinski definition) is 0. The Kier molecular flexibility index (Phi) is 2.69. The zero-order valence-electron chi connectivity index (χ0n) is 8.00. The summed E-state index contributed by atoms with van der Waals surface area (Å²) in [5.74, 6) is 0.0985. The van der Waals surface area contributed by atoms with Crippen LogP contribution in [0.1, 0.15) is 25.7 Å². The molecule has 14 heavy (non-hydrogen) atoms. The first-order chi connectivity index (χ1) is 6.70. The lowest BCUT2D eigenvalue weighted by Gasteiger charge is -2.36. The maximum Gasteiger partial charge on any atom is 0.251 e. The van der Waals surface area contributed by atoms with E-state index < -0.39 is 6.43 Å². The number of rotatable bonds is 2. The lowest BCUT2D eigenvalue weighted by Crippen LogP contribution is -2.44. The van der Waals surface area contributed by atoms with E-state index in [0.29, 0.717) is 0 Å². The van der Waals surface area contributed by atoms with Gasteiger partial charge in [-0.25, -0.2) is 8.78 Å². The minimum Gasteiger partial charge on any atom is -0.292 e. The van der Waals surface area contributed by atoms with Crippen LogP contribution in [0.2, 0.25) is 0 Å². The molecule has 0 aliphatic carbocycles. The van der Waals surface area contributed by atoms with Crippen molar-refractivity contribution in [1.82, 2.24) is 4.90 Å². The molecule has 2 nitrogen and oxygen atoms in total. The zero-order valence-corrected chi connectivity index (χ0v) is 8.00. The average molecular weight is 200 g/mol. The van der Waals surface area contributed by atoms with Gasteiger partial charge in [0.05, 0.1) is 12.6 Å². The lowest BCUT2D eigenvalue weighted by atomic mass is 9.92. The molecule has 2 rings (SSSR count). The van der Waals surface area contributed by atoms with Gasteiger partial charge in [0, 0.05) is 18.0 Å². The Balaban J connectivity index is 2.00. The van der Waals surface area contributed by atoms with Crippen molar-refractivity contribution in [3.05, 3.63) is 0 Å². The van der Waals surface area contributed by atoms with Gasteiger partial charge in [-0.05, 0) is 25.7 Å². The lowest BCUT2D eigenvalue weighted by molar-refractivity contribution is 0.0369. The Hall–Kier alpha value is -0.690. The summed E-state index contributed by atoms with van der Waals surface area (Å²) in [7, 11) is 0. The molecule has 0 aromatic carbocycles. The van der Waals surface area contributed by atoms with Crippen LogP contribution in [0.3, 0.4) is 0 Å².